The van der Waals surface area contributed by atoms with Crippen LogP contribution in [0.1, 0.15) is 48.6 Å². The minimum Gasteiger partial charge on any atom is -0.489 e. The molecule has 4 heteroatoms. The van der Waals surface area contributed by atoms with Crippen LogP contribution in [0.3, 0.4) is 0 Å². The van der Waals surface area contributed by atoms with Crippen LogP contribution in [0.25, 0.3) is 11.1 Å². The molecule has 0 fully saturated rings. The number of hydrogen-bond acceptors (Lipinski definition) is 4. The van der Waals surface area contributed by atoms with Crippen molar-refractivity contribution < 1.29 is 4.74 Å². The standard InChI is InChI=1S/C26H26N2OS/c1-2-16-30-26-23(17-27)25(22-10-6-7-11-24(22)28-26)20-12-14-21(15-13-20)29-18-19-8-4-3-5-9-19/h3-5,8-9,12-15H,2,6-7,10-11,16,18H2,1H3. The highest BCUT2D eigenvalue weighted by Gasteiger charge is 2.23. The predicted octanol–water partition coefficient (Wildman–Crippen LogP) is 6.58. The highest BCUT2D eigenvalue weighted by Crippen LogP contribution is 2.38. The highest BCUT2D eigenvalue weighted by atomic mass is 32.2. The highest BCUT2D eigenvalue weighted by molar-refractivity contribution is 7.99. The monoisotopic (exact) mass is 414 g/mol. The molecule has 0 atom stereocenters. The number of nitriles is 1. The summed E-state index contributed by atoms with van der Waals surface area (Å²) in [6.07, 6.45) is 5.40. The molecular weight excluding hydrogens is 388 g/mol. The topological polar surface area (TPSA) is 45.9 Å². The van der Waals surface area contributed by atoms with Gasteiger partial charge < -0.3 is 4.74 Å². The Morgan fingerprint density at radius 1 is 1.03 bits per heavy atom. The molecule has 0 saturated carbocycles. The maximum Gasteiger partial charge on any atom is 0.119 e. The van der Waals surface area contributed by atoms with Crippen LogP contribution in [-0.2, 0) is 19.4 Å². The van der Waals surface area contributed by atoms with E-state index in [-0.39, 0.29) is 0 Å². The SMILES string of the molecule is CCCSc1nc2c(c(-c3ccc(OCc4ccccc4)cc3)c1C#N)CCCC2. The molecule has 152 valence electrons. The van der Waals surface area contributed by atoms with Gasteiger partial charge in [-0.05, 0) is 66.7 Å². The number of thioether (sulfide) groups is 1. The van der Waals surface area contributed by atoms with Crippen LogP contribution in [-0.4, -0.2) is 10.7 Å². The second kappa shape index (κ2) is 9.82. The Morgan fingerprint density at radius 2 is 1.80 bits per heavy atom. The Bertz CT molecular complexity index is 1040. The van der Waals surface area contributed by atoms with Crippen molar-refractivity contribution in [3.8, 4) is 22.9 Å². The number of aromatic nitrogens is 1. The van der Waals surface area contributed by atoms with Crippen LogP contribution >= 0.6 is 11.8 Å². The third-order valence-corrected chi connectivity index (χ3v) is 6.57. The Hall–Kier alpha value is -2.77. The van der Waals surface area contributed by atoms with Gasteiger partial charge in [0.2, 0.25) is 0 Å². The summed E-state index contributed by atoms with van der Waals surface area (Å²) in [6, 6.07) is 20.8. The van der Waals surface area contributed by atoms with Crippen molar-refractivity contribution in [3.63, 3.8) is 0 Å². The maximum atomic E-state index is 10.00. The third-order valence-electron chi connectivity index (χ3n) is 5.39. The van der Waals surface area contributed by atoms with Crippen LogP contribution in [0.4, 0.5) is 0 Å². The van der Waals surface area contributed by atoms with Gasteiger partial charge in [0.1, 0.15) is 23.5 Å². The van der Waals surface area contributed by atoms with Crippen molar-refractivity contribution in [1.29, 1.82) is 5.26 Å². The zero-order valence-corrected chi connectivity index (χ0v) is 18.2. The Morgan fingerprint density at radius 3 is 2.53 bits per heavy atom. The van der Waals surface area contributed by atoms with Crippen LogP contribution in [0.15, 0.2) is 59.6 Å². The lowest BCUT2D eigenvalue weighted by atomic mass is 9.87. The van der Waals surface area contributed by atoms with Crippen molar-refractivity contribution in [3.05, 3.63) is 77.0 Å². The van der Waals surface area contributed by atoms with Crippen molar-refractivity contribution in [2.24, 2.45) is 0 Å². The van der Waals surface area contributed by atoms with Crippen molar-refractivity contribution in [2.75, 3.05) is 5.75 Å². The van der Waals surface area contributed by atoms with Crippen LogP contribution in [0, 0.1) is 11.3 Å². The van der Waals surface area contributed by atoms with Crippen molar-refractivity contribution >= 4 is 11.8 Å². The first-order valence-electron chi connectivity index (χ1n) is 10.7. The summed E-state index contributed by atoms with van der Waals surface area (Å²) >= 11 is 1.70. The number of aryl methyl sites for hydroxylation is 1. The third kappa shape index (κ3) is 4.52. The average Bonchev–Trinajstić information content (AvgIpc) is 2.81. The Balaban J connectivity index is 1.66. The van der Waals surface area contributed by atoms with E-state index < -0.39 is 0 Å². The first-order chi connectivity index (χ1) is 14.8. The summed E-state index contributed by atoms with van der Waals surface area (Å²) in [7, 11) is 0. The van der Waals surface area contributed by atoms with Gasteiger partial charge in [0, 0.05) is 11.3 Å². The number of hydrogen-bond donors (Lipinski definition) is 0. The van der Waals surface area contributed by atoms with Crippen LogP contribution in [0.5, 0.6) is 5.75 Å². The zero-order chi connectivity index (χ0) is 20.8. The summed E-state index contributed by atoms with van der Waals surface area (Å²) in [5.41, 5.74) is 6.48. The largest absolute Gasteiger partial charge is 0.489 e. The quantitative estimate of drug-likeness (QED) is 0.410. The number of benzene rings is 2. The molecule has 0 aliphatic heterocycles. The fourth-order valence-corrected chi connectivity index (χ4v) is 4.77. The minimum absolute atomic E-state index is 0.548. The van der Waals surface area contributed by atoms with E-state index in [9.17, 15) is 5.26 Å². The van der Waals surface area contributed by atoms with Gasteiger partial charge in [-0.2, -0.15) is 5.26 Å². The lowest BCUT2D eigenvalue weighted by molar-refractivity contribution is 0.306. The summed E-state index contributed by atoms with van der Waals surface area (Å²) in [5.74, 6) is 1.82. The molecule has 3 aromatic rings. The number of rotatable bonds is 7. The van der Waals surface area contributed by atoms with Gasteiger partial charge in [-0.25, -0.2) is 4.98 Å². The van der Waals surface area contributed by atoms with E-state index in [4.69, 9.17) is 9.72 Å². The van der Waals surface area contributed by atoms with Gasteiger partial charge in [-0.15, -0.1) is 11.8 Å². The zero-order valence-electron chi connectivity index (χ0n) is 17.4. The van der Waals surface area contributed by atoms with Gasteiger partial charge in [0.15, 0.2) is 0 Å². The summed E-state index contributed by atoms with van der Waals surface area (Å²) in [4.78, 5) is 4.90. The molecule has 1 aromatic heterocycles. The van der Waals surface area contributed by atoms with Crippen molar-refractivity contribution in [1.82, 2.24) is 4.98 Å². The fourth-order valence-electron chi connectivity index (χ4n) is 3.90. The summed E-state index contributed by atoms with van der Waals surface area (Å²) in [5, 5.41) is 10.9. The molecule has 1 heterocycles. The molecule has 0 bridgehead atoms. The molecule has 0 N–H and O–H groups in total. The molecule has 30 heavy (non-hydrogen) atoms. The second-order valence-electron chi connectivity index (χ2n) is 7.56. The second-order valence-corrected chi connectivity index (χ2v) is 8.64. The van der Waals surface area contributed by atoms with Gasteiger partial charge >= 0.3 is 0 Å². The van der Waals surface area contributed by atoms with Crippen LogP contribution in [0.2, 0.25) is 0 Å². The van der Waals surface area contributed by atoms with Gasteiger partial charge in [-0.1, -0.05) is 49.4 Å². The molecule has 0 amide bonds. The number of fused-ring (bicyclic) bond motifs is 1. The maximum absolute atomic E-state index is 10.00. The molecule has 2 aromatic carbocycles. The molecule has 0 unspecified atom stereocenters. The van der Waals surface area contributed by atoms with Crippen molar-refractivity contribution in [2.45, 2.75) is 50.7 Å². The molecule has 0 spiro atoms. The molecule has 0 radical (unpaired) electrons. The van der Waals surface area contributed by atoms with Gasteiger partial charge in [-0.3, -0.25) is 0 Å². The Labute approximate surface area is 183 Å². The lowest BCUT2D eigenvalue weighted by Gasteiger charge is -2.22. The molecule has 0 saturated heterocycles. The molecule has 3 nitrogen and oxygen atoms in total. The van der Waals surface area contributed by atoms with E-state index in [2.05, 4.69) is 37.3 Å². The minimum atomic E-state index is 0.548. The van der Waals surface area contributed by atoms with Gasteiger partial charge in [0.25, 0.3) is 0 Å². The Kier molecular flexibility index (Phi) is 6.71. The fraction of sp³-hybridized carbons (Fsp3) is 0.308. The number of ether oxygens (including phenoxy) is 1. The summed E-state index contributed by atoms with van der Waals surface area (Å²) < 4.78 is 5.95. The first kappa shape index (κ1) is 20.5. The van der Waals surface area contributed by atoms with E-state index >= 15 is 0 Å². The van der Waals surface area contributed by atoms with Gasteiger partial charge in [0.05, 0.1) is 5.56 Å². The first-order valence-corrected chi connectivity index (χ1v) is 11.6. The average molecular weight is 415 g/mol. The molecule has 4 rings (SSSR count). The van der Waals surface area contributed by atoms with Crippen LogP contribution < -0.4 is 4.74 Å². The van der Waals surface area contributed by atoms with E-state index in [0.717, 1.165) is 64.5 Å². The molecular formula is C26H26N2OS. The normalized spacial score (nSPS) is 12.8. The van der Waals surface area contributed by atoms with E-state index in [0.29, 0.717) is 6.61 Å². The molecule has 1 aliphatic carbocycles. The summed E-state index contributed by atoms with van der Waals surface area (Å²) in [6.45, 7) is 2.71. The lowest BCUT2D eigenvalue weighted by Crippen LogP contribution is -2.10. The number of pyridine rings is 1. The molecule has 1 aliphatic rings. The van der Waals surface area contributed by atoms with E-state index in [1.807, 2.05) is 30.3 Å². The predicted molar refractivity (Wildman–Crippen MR) is 123 cm³/mol. The number of nitrogens with zero attached hydrogens (tertiary/aromatic N) is 2. The van der Waals surface area contributed by atoms with E-state index in [1.165, 1.54) is 17.7 Å². The smallest absolute Gasteiger partial charge is 0.119 e. The van der Waals surface area contributed by atoms with E-state index in [1.54, 1.807) is 11.8 Å².